The molecule has 33 heavy (non-hydrogen) atoms. The summed E-state index contributed by atoms with van der Waals surface area (Å²) < 4.78 is 0. The molecular formula is C27H33N3O3. The lowest BCUT2D eigenvalue weighted by atomic mass is 9.88. The van der Waals surface area contributed by atoms with Crippen LogP contribution < -0.4 is 10.6 Å². The second kappa shape index (κ2) is 10.6. The van der Waals surface area contributed by atoms with Crippen molar-refractivity contribution in [2.75, 3.05) is 13.1 Å². The second-order valence-electron chi connectivity index (χ2n) is 9.28. The average molecular weight is 448 g/mol. The van der Waals surface area contributed by atoms with Gasteiger partial charge in [-0.15, -0.1) is 0 Å². The first kappa shape index (κ1) is 23.0. The van der Waals surface area contributed by atoms with Crippen LogP contribution in [0.2, 0.25) is 0 Å². The highest BCUT2D eigenvalue weighted by molar-refractivity contribution is 5.95. The fourth-order valence-electron chi connectivity index (χ4n) is 4.84. The fourth-order valence-corrected chi connectivity index (χ4v) is 4.84. The third-order valence-corrected chi connectivity index (χ3v) is 6.90. The predicted octanol–water partition coefficient (Wildman–Crippen LogP) is 3.70. The Balaban J connectivity index is 1.29. The minimum Gasteiger partial charge on any atom is -0.351 e. The highest BCUT2D eigenvalue weighted by Gasteiger charge is 2.32. The van der Waals surface area contributed by atoms with Crippen LogP contribution in [-0.4, -0.2) is 47.8 Å². The first-order chi connectivity index (χ1) is 16.0. The van der Waals surface area contributed by atoms with Crippen LogP contribution in [0, 0.1) is 12.8 Å². The summed E-state index contributed by atoms with van der Waals surface area (Å²) in [5.41, 5.74) is 2.46. The molecule has 174 valence electrons. The minimum absolute atomic E-state index is 0.0322. The minimum atomic E-state index is -0.0977. The molecule has 1 saturated carbocycles. The fraction of sp³-hybridized carbons (Fsp3) is 0.444. The van der Waals surface area contributed by atoms with Crippen molar-refractivity contribution in [3.05, 3.63) is 71.3 Å². The van der Waals surface area contributed by atoms with Gasteiger partial charge in [-0.05, 0) is 56.9 Å². The van der Waals surface area contributed by atoms with Gasteiger partial charge in [-0.2, -0.15) is 0 Å². The number of piperidine rings is 1. The first-order valence-corrected chi connectivity index (χ1v) is 12.0. The standard InChI is InChI=1S/C27H33N3O3/c1-19-11-13-22(14-12-19)27(33)30-17-15-21(16-18-30)26(32)29-24-10-6-5-9-23(24)28-25(31)20-7-3-2-4-8-20/h2-4,7-8,11-14,21,23-24H,5-6,9-10,15-18H2,1H3,(H,28,31)(H,29,32)/t23-,24-/m1/s1. The van der Waals surface area contributed by atoms with Gasteiger partial charge >= 0.3 is 0 Å². The lowest BCUT2D eigenvalue weighted by Crippen LogP contribution is -2.55. The number of carbonyl (C=O) groups is 3. The van der Waals surface area contributed by atoms with Crippen molar-refractivity contribution >= 4 is 17.7 Å². The second-order valence-corrected chi connectivity index (χ2v) is 9.28. The molecule has 2 aromatic rings. The summed E-state index contributed by atoms with van der Waals surface area (Å²) in [6.45, 7) is 3.18. The monoisotopic (exact) mass is 447 g/mol. The van der Waals surface area contributed by atoms with Crippen molar-refractivity contribution in [1.29, 1.82) is 0 Å². The van der Waals surface area contributed by atoms with E-state index in [9.17, 15) is 14.4 Å². The number of hydrogen-bond donors (Lipinski definition) is 2. The van der Waals surface area contributed by atoms with Gasteiger partial charge in [-0.3, -0.25) is 14.4 Å². The van der Waals surface area contributed by atoms with Crippen LogP contribution >= 0.6 is 0 Å². The van der Waals surface area contributed by atoms with Crippen LogP contribution in [0.25, 0.3) is 0 Å². The summed E-state index contributed by atoms with van der Waals surface area (Å²) in [4.78, 5) is 40.2. The highest BCUT2D eigenvalue weighted by atomic mass is 16.2. The maximum atomic E-state index is 13.0. The predicted molar refractivity (Wildman–Crippen MR) is 128 cm³/mol. The van der Waals surface area contributed by atoms with E-state index in [0.717, 1.165) is 31.2 Å². The Bertz CT molecular complexity index is 966. The number of likely N-dealkylation sites (tertiary alicyclic amines) is 1. The molecule has 2 N–H and O–H groups in total. The number of rotatable bonds is 5. The lowest BCUT2D eigenvalue weighted by molar-refractivity contribution is -0.127. The zero-order valence-electron chi connectivity index (χ0n) is 19.3. The van der Waals surface area contributed by atoms with Gasteiger partial charge < -0.3 is 15.5 Å². The molecule has 0 unspecified atom stereocenters. The Hall–Kier alpha value is -3.15. The number of nitrogens with zero attached hydrogens (tertiary/aromatic N) is 1. The summed E-state index contributed by atoms with van der Waals surface area (Å²) in [6, 6.07) is 16.7. The van der Waals surface area contributed by atoms with E-state index >= 15 is 0 Å². The summed E-state index contributed by atoms with van der Waals surface area (Å²) in [5.74, 6) is -0.114. The number of aryl methyl sites for hydroxylation is 1. The van der Waals surface area contributed by atoms with E-state index < -0.39 is 0 Å². The van der Waals surface area contributed by atoms with Gasteiger partial charge in [0.15, 0.2) is 0 Å². The van der Waals surface area contributed by atoms with Gasteiger partial charge in [0.1, 0.15) is 0 Å². The Kier molecular flexibility index (Phi) is 7.43. The molecule has 3 amide bonds. The van der Waals surface area contributed by atoms with Crippen LogP contribution in [0.15, 0.2) is 54.6 Å². The molecule has 2 aliphatic rings. The number of benzene rings is 2. The topological polar surface area (TPSA) is 78.5 Å². The van der Waals surface area contributed by atoms with Gasteiger partial charge in [-0.25, -0.2) is 0 Å². The molecule has 1 aliphatic heterocycles. The molecular weight excluding hydrogens is 414 g/mol. The van der Waals surface area contributed by atoms with E-state index in [0.29, 0.717) is 37.1 Å². The Labute approximate surface area is 195 Å². The molecule has 1 saturated heterocycles. The van der Waals surface area contributed by atoms with Crippen molar-refractivity contribution in [2.24, 2.45) is 5.92 Å². The number of nitrogens with one attached hydrogen (secondary N) is 2. The van der Waals surface area contributed by atoms with Gasteiger partial charge in [-0.1, -0.05) is 48.7 Å². The van der Waals surface area contributed by atoms with Crippen molar-refractivity contribution in [2.45, 2.75) is 57.5 Å². The molecule has 2 atom stereocenters. The van der Waals surface area contributed by atoms with Crippen molar-refractivity contribution < 1.29 is 14.4 Å². The smallest absolute Gasteiger partial charge is 0.253 e. The molecule has 6 heteroatoms. The summed E-state index contributed by atoms with van der Waals surface area (Å²) >= 11 is 0. The average Bonchev–Trinajstić information content (AvgIpc) is 2.86. The Morgan fingerprint density at radius 1 is 0.758 bits per heavy atom. The van der Waals surface area contributed by atoms with E-state index in [-0.39, 0.29) is 35.7 Å². The van der Waals surface area contributed by atoms with Crippen LogP contribution in [0.3, 0.4) is 0 Å². The molecule has 0 aromatic heterocycles. The quantitative estimate of drug-likeness (QED) is 0.734. The Morgan fingerprint density at radius 3 is 2.00 bits per heavy atom. The maximum Gasteiger partial charge on any atom is 0.253 e. The zero-order valence-corrected chi connectivity index (χ0v) is 19.3. The Morgan fingerprint density at radius 2 is 1.36 bits per heavy atom. The third kappa shape index (κ3) is 5.81. The summed E-state index contributed by atoms with van der Waals surface area (Å²) in [6.07, 6.45) is 5.16. The molecule has 0 radical (unpaired) electrons. The third-order valence-electron chi connectivity index (χ3n) is 6.90. The largest absolute Gasteiger partial charge is 0.351 e. The molecule has 6 nitrogen and oxygen atoms in total. The van der Waals surface area contributed by atoms with Gasteiger partial charge in [0, 0.05) is 42.2 Å². The van der Waals surface area contributed by atoms with E-state index in [1.807, 2.05) is 54.3 Å². The maximum absolute atomic E-state index is 13.0. The van der Waals surface area contributed by atoms with E-state index in [4.69, 9.17) is 0 Å². The molecule has 2 fully saturated rings. The van der Waals surface area contributed by atoms with Crippen LogP contribution in [0.5, 0.6) is 0 Å². The van der Waals surface area contributed by atoms with E-state index in [2.05, 4.69) is 10.6 Å². The number of amides is 3. The molecule has 1 heterocycles. The molecule has 1 aliphatic carbocycles. The molecule has 0 spiro atoms. The lowest BCUT2D eigenvalue weighted by Gasteiger charge is -2.36. The van der Waals surface area contributed by atoms with Gasteiger partial charge in [0.05, 0.1) is 0 Å². The SMILES string of the molecule is Cc1ccc(C(=O)N2CCC(C(=O)N[C@@H]3CCCC[C@H]3NC(=O)c3ccccc3)CC2)cc1. The normalized spacial score (nSPS) is 21.3. The van der Waals surface area contributed by atoms with Crippen LogP contribution in [-0.2, 0) is 4.79 Å². The summed E-state index contributed by atoms with van der Waals surface area (Å²) in [5, 5.41) is 6.35. The summed E-state index contributed by atoms with van der Waals surface area (Å²) in [7, 11) is 0. The van der Waals surface area contributed by atoms with Crippen LogP contribution in [0.4, 0.5) is 0 Å². The van der Waals surface area contributed by atoms with Crippen molar-refractivity contribution in [1.82, 2.24) is 15.5 Å². The van der Waals surface area contributed by atoms with E-state index in [1.54, 1.807) is 12.1 Å². The zero-order chi connectivity index (χ0) is 23.2. The number of hydrogen-bond acceptors (Lipinski definition) is 3. The van der Waals surface area contributed by atoms with Crippen molar-refractivity contribution in [3.8, 4) is 0 Å². The highest BCUT2D eigenvalue weighted by Crippen LogP contribution is 2.23. The number of carbonyl (C=O) groups excluding carboxylic acids is 3. The first-order valence-electron chi connectivity index (χ1n) is 12.0. The van der Waals surface area contributed by atoms with Crippen LogP contribution in [0.1, 0.15) is 64.8 Å². The van der Waals surface area contributed by atoms with Gasteiger partial charge in [0.2, 0.25) is 5.91 Å². The van der Waals surface area contributed by atoms with Crippen molar-refractivity contribution in [3.63, 3.8) is 0 Å². The molecule has 2 aromatic carbocycles. The molecule has 4 rings (SSSR count). The van der Waals surface area contributed by atoms with Gasteiger partial charge in [0.25, 0.3) is 11.8 Å². The molecule has 0 bridgehead atoms. The van der Waals surface area contributed by atoms with E-state index in [1.165, 1.54) is 0 Å².